The van der Waals surface area contributed by atoms with Gasteiger partial charge in [0.25, 0.3) is 0 Å². The van der Waals surface area contributed by atoms with Crippen molar-refractivity contribution in [2.75, 3.05) is 36.5 Å². The Labute approximate surface area is 141 Å². The fraction of sp³-hybridized carbons (Fsp3) is 0.471. The third-order valence-electron chi connectivity index (χ3n) is 4.51. The van der Waals surface area contributed by atoms with Crippen LogP contribution in [0.2, 0.25) is 0 Å². The van der Waals surface area contributed by atoms with E-state index in [0.717, 1.165) is 43.1 Å². The van der Waals surface area contributed by atoms with Crippen molar-refractivity contribution in [1.82, 2.24) is 15.0 Å². The van der Waals surface area contributed by atoms with Crippen LogP contribution in [0.5, 0.6) is 0 Å². The number of hydrogen-bond donors (Lipinski definition) is 1. The van der Waals surface area contributed by atoms with Gasteiger partial charge in [-0.2, -0.15) is 0 Å². The molecule has 2 saturated heterocycles. The molecule has 0 unspecified atom stereocenters. The summed E-state index contributed by atoms with van der Waals surface area (Å²) < 4.78 is 11.6. The van der Waals surface area contributed by atoms with Gasteiger partial charge in [0.1, 0.15) is 18.0 Å². The van der Waals surface area contributed by atoms with Crippen molar-refractivity contribution in [3.05, 3.63) is 42.5 Å². The summed E-state index contributed by atoms with van der Waals surface area (Å²) in [7, 11) is 0. The zero-order valence-electron chi connectivity index (χ0n) is 13.5. The summed E-state index contributed by atoms with van der Waals surface area (Å²) >= 11 is 0. The van der Waals surface area contributed by atoms with Crippen LogP contribution in [0.1, 0.15) is 18.4 Å². The highest BCUT2D eigenvalue weighted by Crippen LogP contribution is 2.32. The zero-order chi connectivity index (χ0) is 16.2. The fourth-order valence-corrected chi connectivity index (χ4v) is 3.17. The molecular formula is C17H21N5O2. The topological polar surface area (TPSA) is 72.4 Å². The monoisotopic (exact) mass is 327 g/mol. The standard InChI is InChI=1S/C17H21N5O2/c1-2-14(11-18-5-1)12-19-15-10-16(21-13-20-15)22-6-3-17(4-7-22)23-8-9-24-17/h1-2,5,10-11,13H,3-4,6-9,12H2,(H,19,20,21). The third-order valence-corrected chi connectivity index (χ3v) is 4.51. The third kappa shape index (κ3) is 3.32. The van der Waals surface area contributed by atoms with Crippen LogP contribution in [-0.2, 0) is 16.0 Å². The van der Waals surface area contributed by atoms with Crippen LogP contribution >= 0.6 is 0 Å². The molecule has 1 N–H and O–H groups in total. The van der Waals surface area contributed by atoms with E-state index in [2.05, 4.69) is 25.2 Å². The van der Waals surface area contributed by atoms with Crippen molar-refractivity contribution in [2.24, 2.45) is 0 Å². The molecule has 4 heterocycles. The number of nitrogens with one attached hydrogen (secondary N) is 1. The van der Waals surface area contributed by atoms with Crippen LogP contribution in [0, 0.1) is 0 Å². The van der Waals surface area contributed by atoms with Gasteiger partial charge in [-0.3, -0.25) is 4.98 Å². The molecule has 126 valence electrons. The van der Waals surface area contributed by atoms with Gasteiger partial charge >= 0.3 is 0 Å². The van der Waals surface area contributed by atoms with E-state index in [-0.39, 0.29) is 5.79 Å². The van der Waals surface area contributed by atoms with Gasteiger partial charge in [0, 0.05) is 50.9 Å². The predicted octanol–water partition coefficient (Wildman–Crippen LogP) is 1.83. The summed E-state index contributed by atoms with van der Waals surface area (Å²) in [4.78, 5) is 15.1. The molecule has 0 aliphatic carbocycles. The molecule has 0 aromatic carbocycles. The molecule has 24 heavy (non-hydrogen) atoms. The first-order valence-corrected chi connectivity index (χ1v) is 8.31. The number of anilines is 2. The summed E-state index contributed by atoms with van der Waals surface area (Å²) in [5.41, 5.74) is 1.12. The highest BCUT2D eigenvalue weighted by Gasteiger charge is 2.40. The number of hydrogen-bond acceptors (Lipinski definition) is 7. The van der Waals surface area contributed by atoms with Gasteiger partial charge in [0.15, 0.2) is 5.79 Å². The van der Waals surface area contributed by atoms with Crippen LogP contribution in [-0.4, -0.2) is 47.0 Å². The SMILES string of the molecule is c1cncc(CNc2cc(N3CCC4(CC3)OCCO4)ncn2)c1. The van der Waals surface area contributed by atoms with Crippen LogP contribution in [0.25, 0.3) is 0 Å². The lowest BCUT2D eigenvalue weighted by Gasteiger charge is -2.38. The van der Waals surface area contributed by atoms with Crippen LogP contribution in [0.3, 0.4) is 0 Å². The first-order valence-electron chi connectivity index (χ1n) is 8.31. The Kier molecular flexibility index (Phi) is 4.27. The first kappa shape index (κ1) is 15.3. The second-order valence-electron chi connectivity index (χ2n) is 6.07. The molecular weight excluding hydrogens is 306 g/mol. The molecule has 2 aliphatic heterocycles. The lowest BCUT2D eigenvalue weighted by molar-refractivity contribution is -0.169. The Morgan fingerprint density at radius 2 is 2.00 bits per heavy atom. The number of nitrogens with zero attached hydrogens (tertiary/aromatic N) is 4. The van der Waals surface area contributed by atoms with Crippen LogP contribution in [0.4, 0.5) is 11.6 Å². The van der Waals surface area contributed by atoms with Gasteiger partial charge in [-0.15, -0.1) is 0 Å². The molecule has 0 atom stereocenters. The Bertz CT molecular complexity index is 666. The second-order valence-corrected chi connectivity index (χ2v) is 6.07. The lowest BCUT2D eigenvalue weighted by atomic mass is 10.0. The highest BCUT2D eigenvalue weighted by molar-refractivity contribution is 5.49. The fourth-order valence-electron chi connectivity index (χ4n) is 3.17. The number of aromatic nitrogens is 3. The molecule has 2 fully saturated rings. The van der Waals surface area contributed by atoms with E-state index in [9.17, 15) is 0 Å². The van der Waals surface area contributed by atoms with Crippen molar-refractivity contribution in [3.63, 3.8) is 0 Å². The zero-order valence-corrected chi connectivity index (χ0v) is 13.5. The Morgan fingerprint density at radius 1 is 1.17 bits per heavy atom. The van der Waals surface area contributed by atoms with Gasteiger partial charge in [0.05, 0.1) is 13.2 Å². The molecule has 0 bridgehead atoms. The average molecular weight is 327 g/mol. The molecule has 4 rings (SSSR count). The smallest absolute Gasteiger partial charge is 0.171 e. The predicted molar refractivity (Wildman–Crippen MR) is 89.7 cm³/mol. The van der Waals surface area contributed by atoms with Gasteiger partial charge < -0.3 is 19.7 Å². The largest absolute Gasteiger partial charge is 0.366 e. The summed E-state index contributed by atoms with van der Waals surface area (Å²) in [5, 5.41) is 3.32. The summed E-state index contributed by atoms with van der Waals surface area (Å²) in [5.74, 6) is 1.40. The average Bonchev–Trinajstić information content (AvgIpc) is 3.10. The molecule has 1 spiro atoms. The van der Waals surface area contributed by atoms with Crippen molar-refractivity contribution in [1.29, 1.82) is 0 Å². The Hall–Kier alpha value is -2.25. The number of ether oxygens (including phenoxy) is 2. The van der Waals surface area contributed by atoms with Gasteiger partial charge in [-0.25, -0.2) is 9.97 Å². The molecule has 0 amide bonds. The summed E-state index contributed by atoms with van der Waals surface area (Å²) in [6.45, 7) is 3.85. The van der Waals surface area contributed by atoms with Crippen molar-refractivity contribution >= 4 is 11.6 Å². The lowest BCUT2D eigenvalue weighted by Crippen LogP contribution is -2.45. The molecule has 7 heteroatoms. The van der Waals surface area contributed by atoms with E-state index >= 15 is 0 Å². The number of rotatable bonds is 4. The van der Waals surface area contributed by atoms with Crippen LogP contribution < -0.4 is 10.2 Å². The van der Waals surface area contributed by atoms with Gasteiger partial charge in [-0.05, 0) is 11.6 Å². The van der Waals surface area contributed by atoms with E-state index in [1.165, 1.54) is 0 Å². The quantitative estimate of drug-likeness (QED) is 0.918. The Morgan fingerprint density at radius 3 is 2.75 bits per heavy atom. The minimum atomic E-state index is -0.356. The molecule has 2 aromatic rings. The molecule has 0 saturated carbocycles. The van der Waals surface area contributed by atoms with E-state index < -0.39 is 0 Å². The minimum Gasteiger partial charge on any atom is -0.366 e. The van der Waals surface area contributed by atoms with E-state index in [4.69, 9.17) is 9.47 Å². The van der Waals surface area contributed by atoms with E-state index in [1.54, 1.807) is 12.5 Å². The summed E-state index contributed by atoms with van der Waals surface area (Å²) in [6, 6.07) is 5.96. The molecule has 2 aliphatic rings. The van der Waals surface area contributed by atoms with Crippen molar-refractivity contribution in [3.8, 4) is 0 Å². The second kappa shape index (κ2) is 6.70. The van der Waals surface area contributed by atoms with E-state index in [1.807, 2.05) is 24.4 Å². The Balaban J connectivity index is 1.38. The van der Waals surface area contributed by atoms with Crippen molar-refractivity contribution < 1.29 is 9.47 Å². The first-order chi connectivity index (χ1) is 11.8. The maximum absolute atomic E-state index is 5.78. The summed E-state index contributed by atoms with van der Waals surface area (Å²) in [6.07, 6.45) is 6.97. The van der Waals surface area contributed by atoms with Gasteiger partial charge in [-0.1, -0.05) is 6.07 Å². The maximum atomic E-state index is 5.78. The minimum absolute atomic E-state index is 0.356. The van der Waals surface area contributed by atoms with Crippen LogP contribution in [0.15, 0.2) is 36.9 Å². The highest BCUT2D eigenvalue weighted by atomic mass is 16.7. The molecule has 0 radical (unpaired) electrons. The number of piperidine rings is 1. The number of pyridine rings is 1. The molecule has 7 nitrogen and oxygen atoms in total. The van der Waals surface area contributed by atoms with Crippen molar-refractivity contribution in [2.45, 2.75) is 25.2 Å². The molecule has 2 aromatic heterocycles. The maximum Gasteiger partial charge on any atom is 0.171 e. The normalized spacial score (nSPS) is 19.6. The van der Waals surface area contributed by atoms with E-state index in [0.29, 0.717) is 19.8 Å². The van der Waals surface area contributed by atoms with Gasteiger partial charge in [0.2, 0.25) is 0 Å².